The Balaban J connectivity index is 0.000000113. The molecule has 0 saturated carbocycles. The number of benzene rings is 24. The lowest BCUT2D eigenvalue weighted by Gasteiger charge is -2.26. The highest BCUT2D eigenvalue weighted by molar-refractivity contribution is 7.26. The Labute approximate surface area is 840 Å². The summed E-state index contributed by atoms with van der Waals surface area (Å²) in [7, 11) is 0. The fourth-order valence-electron chi connectivity index (χ4n) is 20.7. The SMILES string of the molecule is c1ccc(-c2ccc(N(c3ccc(-c4cc(-c5ccccc5)c5ccccc5c4)cc3)c3ccc4c(c3)oc3ccccc34)cc2)cc1.c1ccc(-c2ccc(N(c3ccc(-c4cc(-c5ccccc5)c5ccccc5c4)cc3)c3cccc4c3oc3ccccc34)cc2)cc1.c1ccc(-c2ccc(N(c3ccc(-c4cc(-c5ccccc5)c5ccccc5c4)cc3)c3cccc4c3sc3ccccc34)cc2)cc1. The van der Waals surface area contributed by atoms with Crippen molar-refractivity contribution in [2.24, 2.45) is 0 Å². The van der Waals surface area contributed by atoms with E-state index in [-0.39, 0.29) is 0 Å². The van der Waals surface area contributed by atoms with Gasteiger partial charge in [-0.25, -0.2) is 0 Å². The van der Waals surface area contributed by atoms with Gasteiger partial charge in [0.1, 0.15) is 16.7 Å². The van der Waals surface area contributed by atoms with Crippen LogP contribution in [0.2, 0.25) is 0 Å². The number of hydrogen-bond acceptors (Lipinski definition) is 6. The van der Waals surface area contributed by atoms with Crippen LogP contribution < -0.4 is 14.7 Å². The molecular formula is C138H93N3O2S. The average molecular weight is 1860 g/mol. The summed E-state index contributed by atoms with van der Waals surface area (Å²) < 4.78 is 15.5. The van der Waals surface area contributed by atoms with Crippen molar-refractivity contribution in [1.29, 1.82) is 0 Å². The fourth-order valence-corrected chi connectivity index (χ4v) is 21.9. The van der Waals surface area contributed by atoms with Gasteiger partial charge in [-0.3, -0.25) is 0 Å². The number of hydrogen-bond donors (Lipinski definition) is 0. The number of para-hydroxylation sites is 3. The molecule has 0 spiro atoms. The number of rotatable bonds is 18. The maximum atomic E-state index is 6.55. The minimum Gasteiger partial charge on any atom is -0.456 e. The minimum absolute atomic E-state index is 0.872. The summed E-state index contributed by atoms with van der Waals surface area (Å²) in [5, 5.41) is 14.6. The van der Waals surface area contributed by atoms with Crippen LogP contribution in [0.4, 0.5) is 51.2 Å². The lowest BCUT2D eigenvalue weighted by Crippen LogP contribution is -2.10. The number of anilines is 9. The molecule has 0 radical (unpaired) electrons. The third kappa shape index (κ3) is 17.1. The van der Waals surface area contributed by atoms with Crippen LogP contribution in [0.3, 0.4) is 0 Å². The molecule has 0 amide bonds. The van der Waals surface area contributed by atoms with E-state index in [1.165, 1.54) is 158 Å². The molecule has 24 aromatic carbocycles. The molecule has 144 heavy (non-hydrogen) atoms. The van der Waals surface area contributed by atoms with E-state index in [4.69, 9.17) is 8.83 Å². The summed E-state index contributed by atoms with van der Waals surface area (Å²) in [6, 6.07) is 202. The standard InChI is InChI=1S/2C46H31NO.C46H31NS/c1-3-12-32(13-4-1)33-22-26-38(27-23-33)47(44-20-11-19-42-41-18-9-10-21-45(41)48-46(42)44)39-28-24-34(25-29-39)37-30-36-16-7-8-17-40(36)43(31-37)35-14-5-2-6-15-35;1-3-11-32(12-4-1)33-19-23-38(24-20-33)47(40-27-28-43-42-17-9-10-18-45(42)48-46(43)31-40)39-25-21-34(22-26-39)37-29-36-15-7-8-16-41(36)44(30-37)35-13-5-2-6-14-35;1-3-12-32(13-4-1)33-22-26-38(27-23-33)47(44-20-11-19-42-41-18-9-10-21-45(41)48-46(42)44)39-28-24-34(25-29-39)37-30-36-16-7-8-17-40(36)43(31-37)35-14-5-2-6-15-35/h3*1-31H. The molecule has 0 unspecified atom stereocenters. The zero-order chi connectivity index (χ0) is 95.6. The molecule has 27 rings (SSSR count). The molecule has 0 aliphatic heterocycles. The minimum atomic E-state index is 0.872. The molecule has 0 saturated heterocycles. The van der Waals surface area contributed by atoms with E-state index in [1.54, 1.807) is 0 Å². The van der Waals surface area contributed by atoms with Crippen molar-refractivity contribution in [2.75, 3.05) is 14.7 Å². The molecule has 3 aromatic heterocycles. The van der Waals surface area contributed by atoms with Crippen molar-refractivity contribution >= 4 is 159 Å². The normalized spacial score (nSPS) is 11.3. The molecule has 678 valence electrons. The predicted octanol–water partition coefficient (Wildman–Crippen LogP) is 40.1. The van der Waals surface area contributed by atoms with Gasteiger partial charge in [0.25, 0.3) is 0 Å². The van der Waals surface area contributed by atoms with Crippen LogP contribution in [-0.2, 0) is 0 Å². The van der Waals surface area contributed by atoms with Gasteiger partial charge in [0.05, 0.1) is 16.1 Å². The van der Waals surface area contributed by atoms with E-state index < -0.39 is 0 Å². The monoisotopic (exact) mass is 1860 g/mol. The van der Waals surface area contributed by atoms with Crippen LogP contribution in [0.5, 0.6) is 0 Å². The van der Waals surface area contributed by atoms with Crippen molar-refractivity contribution in [3.8, 4) is 100 Å². The number of nitrogens with zero attached hydrogens (tertiary/aromatic N) is 3. The molecule has 0 aliphatic rings. The first-order valence-electron chi connectivity index (χ1n) is 49.0. The third-order valence-corrected chi connectivity index (χ3v) is 29.0. The second-order valence-corrected chi connectivity index (χ2v) is 37.6. The van der Waals surface area contributed by atoms with Crippen LogP contribution in [0.1, 0.15) is 0 Å². The highest BCUT2D eigenvalue weighted by Gasteiger charge is 2.25. The van der Waals surface area contributed by atoms with Gasteiger partial charge in [-0.05, 0) is 284 Å². The smallest absolute Gasteiger partial charge is 0.159 e. The van der Waals surface area contributed by atoms with Gasteiger partial charge in [0.15, 0.2) is 5.58 Å². The Morgan fingerprint density at radius 3 is 0.812 bits per heavy atom. The van der Waals surface area contributed by atoms with Gasteiger partial charge in [-0.1, -0.05) is 406 Å². The Bertz CT molecular complexity index is 8960. The van der Waals surface area contributed by atoms with Crippen molar-refractivity contribution < 1.29 is 8.83 Å². The summed E-state index contributed by atoms with van der Waals surface area (Å²) in [6.45, 7) is 0. The van der Waals surface area contributed by atoms with Crippen molar-refractivity contribution in [3.63, 3.8) is 0 Å². The van der Waals surface area contributed by atoms with Crippen molar-refractivity contribution in [3.05, 3.63) is 564 Å². The van der Waals surface area contributed by atoms with E-state index in [2.05, 4.69) is 555 Å². The van der Waals surface area contributed by atoms with Crippen molar-refractivity contribution in [2.45, 2.75) is 0 Å². The molecule has 0 bridgehead atoms. The van der Waals surface area contributed by atoms with Gasteiger partial charge in [0.2, 0.25) is 0 Å². The Hall–Kier alpha value is -18.7. The number of thiophene rings is 1. The van der Waals surface area contributed by atoms with E-state index >= 15 is 0 Å². The fraction of sp³-hybridized carbons (Fsp3) is 0. The molecule has 0 fully saturated rings. The number of furan rings is 2. The highest BCUT2D eigenvalue weighted by Crippen LogP contribution is 2.50. The summed E-state index contributed by atoms with van der Waals surface area (Å²) >= 11 is 1.86. The van der Waals surface area contributed by atoms with Gasteiger partial charge < -0.3 is 23.5 Å². The Morgan fingerprint density at radius 2 is 0.417 bits per heavy atom. The predicted molar refractivity (Wildman–Crippen MR) is 612 cm³/mol. The topological polar surface area (TPSA) is 36.0 Å². The lowest BCUT2D eigenvalue weighted by molar-refractivity contribution is 0.668. The van der Waals surface area contributed by atoms with Gasteiger partial charge >= 0.3 is 0 Å². The average Bonchev–Trinajstić information content (AvgIpc) is 1.51. The van der Waals surface area contributed by atoms with Crippen LogP contribution in [0, 0.1) is 0 Å². The van der Waals surface area contributed by atoms with Gasteiger partial charge in [-0.15, -0.1) is 11.3 Å². The van der Waals surface area contributed by atoms with Crippen LogP contribution in [0.15, 0.2) is 573 Å². The zero-order valence-electron chi connectivity index (χ0n) is 78.8. The van der Waals surface area contributed by atoms with Crippen LogP contribution in [0.25, 0.3) is 197 Å². The molecule has 3 heterocycles. The molecule has 5 nitrogen and oxygen atoms in total. The molecular weight excluding hydrogens is 1760 g/mol. The molecule has 27 aromatic rings. The molecule has 0 aliphatic carbocycles. The maximum Gasteiger partial charge on any atom is 0.159 e. The first kappa shape index (κ1) is 86.8. The zero-order valence-corrected chi connectivity index (χ0v) is 79.6. The Kier molecular flexibility index (Phi) is 23.3. The second-order valence-electron chi connectivity index (χ2n) is 36.5. The molecule has 0 atom stereocenters. The van der Waals surface area contributed by atoms with Gasteiger partial charge in [0, 0.05) is 82.9 Å². The van der Waals surface area contributed by atoms with Crippen LogP contribution >= 0.6 is 11.3 Å². The largest absolute Gasteiger partial charge is 0.456 e. The highest BCUT2D eigenvalue weighted by atomic mass is 32.1. The van der Waals surface area contributed by atoms with E-state index in [1.807, 2.05) is 35.6 Å². The van der Waals surface area contributed by atoms with Gasteiger partial charge in [-0.2, -0.15) is 0 Å². The summed E-state index contributed by atoms with van der Waals surface area (Å²) in [5.41, 5.74) is 35.0. The third-order valence-electron chi connectivity index (χ3n) is 27.8. The summed E-state index contributed by atoms with van der Waals surface area (Å²) in [6.07, 6.45) is 0. The second kappa shape index (κ2) is 38.6. The van der Waals surface area contributed by atoms with E-state index in [0.717, 1.165) is 89.4 Å². The Morgan fingerprint density at radius 1 is 0.146 bits per heavy atom. The van der Waals surface area contributed by atoms with Crippen molar-refractivity contribution in [1.82, 2.24) is 0 Å². The van der Waals surface area contributed by atoms with E-state index in [9.17, 15) is 0 Å². The molecule has 0 N–H and O–H groups in total. The quantitative estimate of drug-likeness (QED) is 0.0856. The maximum absolute atomic E-state index is 6.55. The van der Waals surface area contributed by atoms with Crippen LogP contribution in [-0.4, -0.2) is 0 Å². The van der Waals surface area contributed by atoms with E-state index in [0.29, 0.717) is 0 Å². The summed E-state index contributed by atoms with van der Waals surface area (Å²) in [4.78, 5) is 7.02. The lowest BCUT2D eigenvalue weighted by atomic mass is 9.93. The molecule has 6 heteroatoms. The first-order chi connectivity index (χ1) is 71.4. The number of fused-ring (bicyclic) bond motifs is 12. The summed E-state index contributed by atoms with van der Waals surface area (Å²) in [5.74, 6) is 0. The first-order valence-corrected chi connectivity index (χ1v) is 49.9.